The Balaban J connectivity index is 1.60. The minimum absolute atomic E-state index is 0.0316. The number of carboxylic acids is 1. The fourth-order valence-electron chi connectivity index (χ4n) is 4.64. The van der Waals surface area contributed by atoms with Gasteiger partial charge in [0.05, 0.1) is 17.1 Å². The Labute approximate surface area is 209 Å². The maximum atomic E-state index is 12.3. The van der Waals surface area contributed by atoms with Crippen molar-refractivity contribution in [2.75, 3.05) is 26.4 Å². The summed E-state index contributed by atoms with van der Waals surface area (Å²) in [6.07, 6.45) is 2.78. The SMILES string of the molecule is Cc1cc(-c2nc3cc(OCCN[C@H](C(=O)O)[C@@H](C)O)ccc3n2CC2CCOCC2)cn(C)c1=O. The Morgan fingerprint density at radius 1 is 1.31 bits per heavy atom. The third kappa shape index (κ3) is 5.77. The van der Waals surface area contributed by atoms with Gasteiger partial charge in [-0.25, -0.2) is 4.98 Å². The van der Waals surface area contributed by atoms with Gasteiger partial charge in [0.2, 0.25) is 0 Å². The molecule has 0 radical (unpaired) electrons. The first-order chi connectivity index (χ1) is 17.2. The average molecular weight is 499 g/mol. The van der Waals surface area contributed by atoms with Gasteiger partial charge >= 0.3 is 5.97 Å². The molecule has 3 heterocycles. The molecule has 10 nitrogen and oxygen atoms in total. The van der Waals surface area contributed by atoms with Crippen LogP contribution in [-0.4, -0.2) is 68.8 Å². The number of rotatable bonds is 10. The summed E-state index contributed by atoms with van der Waals surface area (Å²) in [6, 6.07) is 6.57. The van der Waals surface area contributed by atoms with Crippen molar-refractivity contribution in [3.8, 4) is 17.1 Å². The zero-order valence-corrected chi connectivity index (χ0v) is 20.9. The zero-order valence-electron chi connectivity index (χ0n) is 20.9. The number of aliphatic hydroxyl groups is 1. The van der Waals surface area contributed by atoms with Gasteiger partial charge in [-0.2, -0.15) is 0 Å². The highest BCUT2D eigenvalue weighted by Gasteiger charge is 2.22. The number of aryl methyl sites for hydroxylation is 2. The number of pyridine rings is 1. The first-order valence-electron chi connectivity index (χ1n) is 12.3. The van der Waals surface area contributed by atoms with E-state index in [1.807, 2.05) is 37.4 Å². The molecule has 0 unspecified atom stereocenters. The van der Waals surface area contributed by atoms with E-state index in [1.54, 1.807) is 11.6 Å². The van der Waals surface area contributed by atoms with Crippen molar-refractivity contribution in [1.29, 1.82) is 0 Å². The predicted molar refractivity (Wildman–Crippen MR) is 135 cm³/mol. The molecule has 1 aliphatic heterocycles. The van der Waals surface area contributed by atoms with E-state index in [1.165, 1.54) is 6.92 Å². The molecule has 0 spiro atoms. The summed E-state index contributed by atoms with van der Waals surface area (Å²) in [5.41, 5.74) is 3.27. The standard InChI is InChI=1S/C26H34N4O6/c1-16-12-19(15-29(3)25(16)32)24-28-21-13-20(36-11-8-27-23(17(2)31)26(33)34)4-5-22(21)30(24)14-18-6-9-35-10-7-18/h4-5,12-13,15,17-18,23,27,31H,6-11,14H2,1-3H3,(H,33,34)/t17-,23+/m1/s1. The van der Waals surface area contributed by atoms with Crippen molar-refractivity contribution in [2.45, 2.75) is 45.4 Å². The molecular formula is C26H34N4O6. The number of carbonyl (C=O) groups is 1. The lowest BCUT2D eigenvalue weighted by Crippen LogP contribution is -2.46. The zero-order chi connectivity index (χ0) is 25.8. The van der Waals surface area contributed by atoms with Gasteiger partial charge in [0.25, 0.3) is 5.56 Å². The maximum absolute atomic E-state index is 12.3. The molecule has 0 aliphatic carbocycles. The molecule has 2 atom stereocenters. The van der Waals surface area contributed by atoms with Crippen LogP contribution < -0.4 is 15.6 Å². The summed E-state index contributed by atoms with van der Waals surface area (Å²) in [4.78, 5) is 28.4. The van der Waals surface area contributed by atoms with Crippen molar-refractivity contribution >= 4 is 17.0 Å². The van der Waals surface area contributed by atoms with Crippen molar-refractivity contribution in [3.63, 3.8) is 0 Å². The van der Waals surface area contributed by atoms with Crippen LogP contribution in [0.3, 0.4) is 0 Å². The molecule has 1 saturated heterocycles. The summed E-state index contributed by atoms with van der Waals surface area (Å²) in [6.45, 7) is 6.06. The van der Waals surface area contributed by atoms with Crippen LogP contribution in [0.1, 0.15) is 25.3 Å². The summed E-state index contributed by atoms with van der Waals surface area (Å²) in [5.74, 6) is 0.784. The maximum Gasteiger partial charge on any atom is 0.323 e. The molecule has 3 N–H and O–H groups in total. The number of nitrogens with zero attached hydrogens (tertiary/aromatic N) is 3. The van der Waals surface area contributed by atoms with Crippen LogP contribution in [-0.2, 0) is 23.1 Å². The number of nitrogens with one attached hydrogen (secondary N) is 1. The van der Waals surface area contributed by atoms with Crippen molar-refractivity contribution < 1.29 is 24.5 Å². The topological polar surface area (TPSA) is 128 Å². The Kier molecular flexibility index (Phi) is 8.07. The molecule has 3 aromatic rings. The van der Waals surface area contributed by atoms with Crippen molar-refractivity contribution in [3.05, 3.63) is 46.4 Å². The number of carboxylic acid groups (broad SMARTS) is 1. The van der Waals surface area contributed by atoms with Crippen molar-refractivity contribution in [2.24, 2.45) is 13.0 Å². The lowest BCUT2D eigenvalue weighted by molar-refractivity contribution is -0.142. The fourth-order valence-corrected chi connectivity index (χ4v) is 4.64. The number of aliphatic hydroxyl groups excluding tert-OH is 1. The molecule has 4 rings (SSSR count). The molecule has 1 aromatic carbocycles. The first kappa shape index (κ1) is 25.9. The number of hydrogen-bond donors (Lipinski definition) is 3. The number of fused-ring (bicyclic) bond motifs is 1. The molecule has 1 fully saturated rings. The van der Waals surface area contributed by atoms with Gasteiger partial charge in [0.1, 0.15) is 24.2 Å². The van der Waals surface area contributed by atoms with E-state index < -0.39 is 18.1 Å². The van der Waals surface area contributed by atoms with Crippen LogP contribution in [0.25, 0.3) is 22.4 Å². The third-order valence-electron chi connectivity index (χ3n) is 6.61. The second-order valence-electron chi connectivity index (χ2n) is 9.44. The minimum Gasteiger partial charge on any atom is -0.492 e. The van der Waals surface area contributed by atoms with E-state index in [-0.39, 0.29) is 18.7 Å². The number of aliphatic carboxylic acids is 1. The second kappa shape index (κ2) is 11.2. The van der Waals surface area contributed by atoms with Gasteiger partial charge in [-0.1, -0.05) is 0 Å². The summed E-state index contributed by atoms with van der Waals surface area (Å²) in [5, 5.41) is 21.5. The number of aromatic nitrogens is 3. The lowest BCUT2D eigenvalue weighted by atomic mass is 10.00. The third-order valence-corrected chi connectivity index (χ3v) is 6.61. The van der Waals surface area contributed by atoms with E-state index >= 15 is 0 Å². The Bertz CT molecular complexity index is 1250. The Morgan fingerprint density at radius 2 is 2.06 bits per heavy atom. The second-order valence-corrected chi connectivity index (χ2v) is 9.44. The molecule has 0 saturated carbocycles. The van der Waals surface area contributed by atoms with Crippen LogP contribution in [0.4, 0.5) is 0 Å². The normalized spacial score (nSPS) is 16.2. The van der Waals surface area contributed by atoms with Crippen molar-refractivity contribution in [1.82, 2.24) is 19.4 Å². The first-order valence-corrected chi connectivity index (χ1v) is 12.3. The number of benzene rings is 1. The monoisotopic (exact) mass is 498 g/mol. The average Bonchev–Trinajstić information content (AvgIpc) is 3.19. The molecule has 10 heteroatoms. The van der Waals surface area contributed by atoms with Gasteiger partial charge in [-0.3, -0.25) is 14.9 Å². The van der Waals surface area contributed by atoms with E-state index in [4.69, 9.17) is 19.6 Å². The van der Waals surface area contributed by atoms with E-state index in [9.17, 15) is 14.7 Å². The van der Waals surface area contributed by atoms with Gasteiger partial charge in [0, 0.05) is 56.7 Å². The molecule has 1 aliphatic rings. The minimum atomic E-state index is -1.11. The predicted octanol–water partition coefficient (Wildman–Crippen LogP) is 1.94. The van der Waals surface area contributed by atoms with E-state index in [2.05, 4.69) is 9.88 Å². The Morgan fingerprint density at radius 3 is 2.72 bits per heavy atom. The summed E-state index contributed by atoms with van der Waals surface area (Å²) < 4.78 is 15.2. The Hall–Kier alpha value is -3.21. The molecule has 0 bridgehead atoms. The van der Waals surface area contributed by atoms with Gasteiger partial charge < -0.3 is 28.8 Å². The van der Waals surface area contributed by atoms with Crippen LogP contribution in [0.15, 0.2) is 35.3 Å². The molecule has 0 amide bonds. The lowest BCUT2D eigenvalue weighted by Gasteiger charge is -2.23. The number of hydrogen-bond acceptors (Lipinski definition) is 7. The van der Waals surface area contributed by atoms with Gasteiger partial charge in [-0.05, 0) is 50.8 Å². The smallest absolute Gasteiger partial charge is 0.323 e. The highest BCUT2D eigenvalue weighted by molar-refractivity contribution is 5.82. The number of imidazole rings is 1. The largest absolute Gasteiger partial charge is 0.492 e. The molecule has 194 valence electrons. The van der Waals surface area contributed by atoms with E-state index in [0.29, 0.717) is 17.2 Å². The van der Waals surface area contributed by atoms with Gasteiger partial charge in [-0.15, -0.1) is 0 Å². The summed E-state index contributed by atoms with van der Waals surface area (Å²) >= 11 is 0. The quantitative estimate of drug-likeness (QED) is 0.362. The van der Waals surface area contributed by atoms with Gasteiger partial charge in [0.15, 0.2) is 0 Å². The molecule has 2 aromatic heterocycles. The van der Waals surface area contributed by atoms with Crippen LogP contribution in [0.2, 0.25) is 0 Å². The summed E-state index contributed by atoms with van der Waals surface area (Å²) in [7, 11) is 1.75. The van der Waals surface area contributed by atoms with Crippen LogP contribution in [0.5, 0.6) is 5.75 Å². The number of ether oxygens (including phenoxy) is 2. The molecule has 36 heavy (non-hydrogen) atoms. The van der Waals surface area contributed by atoms with E-state index in [0.717, 1.165) is 55.0 Å². The molecular weight excluding hydrogens is 464 g/mol. The highest BCUT2D eigenvalue weighted by Crippen LogP contribution is 2.30. The fraction of sp³-hybridized carbons (Fsp3) is 0.500. The van der Waals surface area contributed by atoms with Crippen LogP contribution >= 0.6 is 0 Å². The van der Waals surface area contributed by atoms with Crippen LogP contribution in [0, 0.1) is 12.8 Å². The highest BCUT2D eigenvalue weighted by atomic mass is 16.5.